The molecule has 0 aliphatic carbocycles. The molecule has 0 aromatic rings. The van der Waals surface area contributed by atoms with Crippen LogP contribution in [0.3, 0.4) is 0 Å². The highest BCUT2D eigenvalue weighted by Gasteiger charge is 2.31. The standard InChI is InChI=1S/C15H29N3O2/c1-14(2,3)11-15(4,5)17-12(19)13(20)18-9-6-7-16-8-10-18/h16H,6-11H2,1-5H3,(H,17,19). The molecule has 0 aromatic heterocycles. The number of rotatable bonds is 2. The van der Waals surface area contributed by atoms with Gasteiger partial charge < -0.3 is 15.5 Å². The zero-order valence-electron chi connectivity index (χ0n) is 13.5. The summed E-state index contributed by atoms with van der Waals surface area (Å²) in [6, 6.07) is 0. The van der Waals surface area contributed by atoms with Crippen molar-refractivity contribution < 1.29 is 9.59 Å². The number of hydrogen-bond donors (Lipinski definition) is 2. The second kappa shape index (κ2) is 6.57. The van der Waals surface area contributed by atoms with Gasteiger partial charge in [-0.3, -0.25) is 9.59 Å². The summed E-state index contributed by atoms with van der Waals surface area (Å²) in [5.74, 6) is -0.892. The Kier molecular flexibility index (Phi) is 5.57. The fraction of sp³-hybridized carbons (Fsp3) is 0.867. The van der Waals surface area contributed by atoms with Gasteiger partial charge in [0.15, 0.2) is 0 Å². The molecule has 0 spiro atoms. The summed E-state index contributed by atoms with van der Waals surface area (Å²) < 4.78 is 0. The molecule has 0 bridgehead atoms. The predicted molar refractivity (Wildman–Crippen MR) is 80.4 cm³/mol. The molecule has 0 aromatic carbocycles. The van der Waals surface area contributed by atoms with Crippen molar-refractivity contribution in [3.05, 3.63) is 0 Å². The first-order valence-corrected chi connectivity index (χ1v) is 7.43. The third-order valence-electron chi connectivity index (χ3n) is 3.25. The molecular formula is C15H29N3O2. The van der Waals surface area contributed by atoms with Crippen molar-refractivity contribution in [1.82, 2.24) is 15.5 Å². The van der Waals surface area contributed by atoms with Gasteiger partial charge in [0, 0.05) is 25.2 Å². The molecule has 2 N–H and O–H groups in total. The van der Waals surface area contributed by atoms with Crippen LogP contribution in [0.25, 0.3) is 0 Å². The van der Waals surface area contributed by atoms with E-state index in [2.05, 4.69) is 31.4 Å². The molecule has 0 saturated carbocycles. The van der Waals surface area contributed by atoms with Gasteiger partial charge in [-0.1, -0.05) is 20.8 Å². The molecule has 2 amide bonds. The van der Waals surface area contributed by atoms with Crippen LogP contribution in [0.4, 0.5) is 0 Å². The Balaban J connectivity index is 2.58. The van der Waals surface area contributed by atoms with E-state index in [0.717, 1.165) is 25.9 Å². The highest BCUT2D eigenvalue weighted by molar-refractivity contribution is 6.35. The number of carbonyl (C=O) groups excluding carboxylic acids is 2. The normalized spacial score (nSPS) is 17.6. The summed E-state index contributed by atoms with van der Waals surface area (Å²) in [7, 11) is 0. The summed E-state index contributed by atoms with van der Waals surface area (Å²) in [5.41, 5.74) is -0.276. The topological polar surface area (TPSA) is 61.4 Å². The lowest BCUT2D eigenvalue weighted by molar-refractivity contribution is -0.146. The molecule has 1 aliphatic heterocycles. The number of nitrogens with zero attached hydrogens (tertiary/aromatic N) is 1. The summed E-state index contributed by atoms with van der Waals surface area (Å²) in [6.45, 7) is 13.2. The number of nitrogens with one attached hydrogen (secondary N) is 2. The summed E-state index contributed by atoms with van der Waals surface area (Å²) in [4.78, 5) is 26.0. The molecule has 1 fully saturated rings. The van der Waals surface area contributed by atoms with Crippen molar-refractivity contribution >= 4 is 11.8 Å². The van der Waals surface area contributed by atoms with E-state index in [9.17, 15) is 9.59 Å². The molecule has 5 nitrogen and oxygen atoms in total. The van der Waals surface area contributed by atoms with Crippen LogP contribution in [0.2, 0.25) is 0 Å². The second-order valence-electron chi connectivity index (χ2n) is 7.47. The Hall–Kier alpha value is -1.10. The van der Waals surface area contributed by atoms with E-state index in [1.165, 1.54) is 0 Å². The molecule has 0 radical (unpaired) electrons. The Morgan fingerprint density at radius 1 is 1.10 bits per heavy atom. The monoisotopic (exact) mass is 283 g/mol. The van der Waals surface area contributed by atoms with Crippen LogP contribution in [-0.4, -0.2) is 48.4 Å². The Labute approximate surface area is 122 Å². The predicted octanol–water partition coefficient (Wildman–Crippen LogP) is 1.14. The first-order chi connectivity index (χ1) is 9.11. The number of hydrogen-bond acceptors (Lipinski definition) is 3. The van der Waals surface area contributed by atoms with Crippen molar-refractivity contribution in [1.29, 1.82) is 0 Å². The maximum atomic E-state index is 12.2. The molecule has 0 unspecified atom stereocenters. The zero-order valence-corrected chi connectivity index (χ0v) is 13.5. The summed E-state index contributed by atoms with van der Waals surface area (Å²) in [5, 5.41) is 6.10. The van der Waals surface area contributed by atoms with Crippen LogP contribution >= 0.6 is 0 Å². The van der Waals surface area contributed by atoms with Gasteiger partial charge in [0.1, 0.15) is 0 Å². The maximum absolute atomic E-state index is 12.2. The van der Waals surface area contributed by atoms with E-state index >= 15 is 0 Å². The highest BCUT2D eigenvalue weighted by Crippen LogP contribution is 2.26. The zero-order chi connectivity index (χ0) is 15.4. The third kappa shape index (κ3) is 5.90. The van der Waals surface area contributed by atoms with Crippen molar-refractivity contribution in [3.8, 4) is 0 Å². The maximum Gasteiger partial charge on any atom is 0.311 e. The molecule has 116 valence electrons. The first kappa shape index (κ1) is 17.0. The van der Waals surface area contributed by atoms with E-state index in [1.54, 1.807) is 4.90 Å². The van der Waals surface area contributed by atoms with Gasteiger partial charge in [-0.05, 0) is 38.6 Å². The molecule has 0 atom stereocenters. The molecular weight excluding hydrogens is 254 g/mol. The minimum absolute atomic E-state index is 0.104. The fourth-order valence-electron chi connectivity index (χ4n) is 2.92. The Bertz CT molecular complexity index is 351. The lowest BCUT2D eigenvalue weighted by atomic mass is 9.82. The van der Waals surface area contributed by atoms with Crippen LogP contribution in [0.5, 0.6) is 0 Å². The highest BCUT2D eigenvalue weighted by atomic mass is 16.2. The van der Waals surface area contributed by atoms with Crippen molar-refractivity contribution in [3.63, 3.8) is 0 Å². The van der Waals surface area contributed by atoms with E-state index in [-0.39, 0.29) is 11.0 Å². The van der Waals surface area contributed by atoms with Gasteiger partial charge in [0.25, 0.3) is 0 Å². The second-order valence-corrected chi connectivity index (χ2v) is 7.47. The average molecular weight is 283 g/mol. The summed E-state index contributed by atoms with van der Waals surface area (Å²) in [6.07, 6.45) is 1.71. The molecule has 5 heteroatoms. The van der Waals surface area contributed by atoms with E-state index in [1.807, 2.05) is 13.8 Å². The van der Waals surface area contributed by atoms with Crippen LogP contribution in [0.1, 0.15) is 47.5 Å². The number of amides is 2. The summed E-state index contributed by atoms with van der Waals surface area (Å²) >= 11 is 0. The van der Waals surface area contributed by atoms with Crippen molar-refractivity contribution in [2.45, 2.75) is 53.0 Å². The van der Waals surface area contributed by atoms with Crippen LogP contribution in [0, 0.1) is 5.41 Å². The Morgan fingerprint density at radius 3 is 2.35 bits per heavy atom. The molecule has 1 rings (SSSR count). The average Bonchev–Trinajstić information content (AvgIpc) is 2.51. The molecule has 20 heavy (non-hydrogen) atoms. The van der Waals surface area contributed by atoms with Crippen LogP contribution in [0.15, 0.2) is 0 Å². The molecule has 1 heterocycles. The van der Waals surface area contributed by atoms with E-state index in [0.29, 0.717) is 13.1 Å². The number of carbonyl (C=O) groups is 2. The van der Waals surface area contributed by atoms with Gasteiger partial charge in [0.05, 0.1) is 0 Å². The van der Waals surface area contributed by atoms with Crippen LogP contribution in [-0.2, 0) is 9.59 Å². The van der Waals surface area contributed by atoms with Gasteiger partial charge in [-0.2, -0.15) is 0 Å². The van der Waals surface area contributed by atoms with Crippen molar-refractivity contribution in [2.75, 3.05) is 26.2 Å². The van der Waals surface area contributed by atoms with E-state index < -0.39 is 11.8 Å². The fourth-order valence-corrected chi connectivity index (χ4v) is 2.92. The van der Waals surface area contributed by atoms with E-state index in [4.69, 9.17) is 0 Å². The third-order valence-corrected chi connectivity index (χ3v) is 3.25. The first-order valence-electron chi connectivity index (χ1n) is 7.43. The van der Waals surface area contributed by atoms with Gasteiger partial charge >= 0.3 is 11.8 Å². The lowest BCUT2D eigenvalue weighted by Crippen LogP contribution is -2.52. The van der Waals surface area contributed by atoms with Crippen LogP contribution < -0.4 is 10.6 Å². The smallest absolute Gasteiger partial charge is 0.311 e. The lowest BCUT2D eigenvalue weighted by Gasteiger charge is -2.33. The molecule has 1 aliphatic rings. The minimum Gasteiger partial charge on any atom is -0.343 e. The molecule has 1 saturated heterocycles. The SMILES string of the molecule is CC(C)(C)CC(C)(C)NC(=O)C(=O)N1CCCNCC1. The Morgan fingerprint density at radius 2 is 1.75 bits per heavy atom. The minimum atomic E-state index is -0.485. The largest absolute Gasteiger partial charge is 0.343 e. The van der Waals surface area contributed by atoms with Crippen molar-refractivity contribution in [2.24, 2.45) is 5.41 Å². The quantitative estimate of drug-likeness (QED) is 0.747. The van der Waals surface area contributed by atoms with Gasteiger partial charge in [0.2, 0.25) is 0 Å². The van der Waals surface area contributed by atoms with Gasteiger partial charge in [-0.25, -0.2) is 0 Å². The van der Waals surface area contributed by atoms with Gasteiger partial charge in [-0.15, -0.1) is 0 Å².